The van der Waals surface area contributed by atoms with E-state index in [2.05, 4.69) is 167 Å². The van der Waals surface area contributed by atoms with Crippen molar-refractivity contribution in [1.82, 2.24) is 0 Å². The Hall–Kier alpha value is -3.39. The van der Waals surface area contributed by atoms with Gasteiger partial charge in [-0.2, -0.15) is 0 Å². The van der Waals surface area contributed by atoms with Crippen LogP contribution >= 0.6 is 0 Å². The molecule has 0 aliphatic carbocycles. The number of para-hydroxylation sites is 2. The van der Waals surface area contributed by atoms with Crippen LogP contribution in [0.2, 0.25) is 0 Å². The molecule has 1 aliphatic heterocycles. The first-order chi connectivity index (χ1) is 21.6. The van der Waals surface area contributed by atoms with Gasteiger partial charge in [0.15, 0.2) is 0 Å². The first-order valence-electron chi connectivity index (χ1n) is 17.6. The lowest BCUT2D eigenvalue weighted by atomic mass is 9.35. The van der Waals surface area contributed by atoms with Gasteiger partial charge in [0.1, 0.15) is 0 Å². The molecular formula is C42H56B2N2. The van der Waals surface area contributed by atoms with Crippen LogP contribution in [0.4, 0.5) is 11.4 Å². The van der Waals surface area contributed by atoms with Crippen molar-refractivity contribution in [3.05, 3.63) is 116 Å². The van der Waals surface area contributed by atoms with E-state index in [9.17, 15) is 0 Å². The third-order valence-electron chi connectivity index (χ3n) is 10.2. The molecule has 240 valence electrons. The average Bonchev–Trinajstić information content (AvgIpc) is 2.94. The molecule has 0 spiro atoms. The highest BCUT2D eigenvalue weighted by Gasteiger charge is 2.58. The van der Waals surface area contributed by atoms with Crippen LogP contribution in [0.25, 0.3) is 0 Å². The molecule has 1 fully saturated rings. The normalized spacial score (nSPS) is 13.6. The molecule has 0 N–H and O–H groups in total. The van der Waals surface area contributed by atoms with Crippen LogP contribution in [-0.4, -0.2) is 14.0 Å². The lowest BCUT2D eigenvalue weighted by molar-refractivity contribution is 0.828. The molecule has 1 saturated heterocycles. The third kappa shape index (κ3) is 5.82. The zero-order valence-electron chi connectivity index (χ0n) is 31.1. The first-order valence-corrected chi connectivity index (χ1v) is 17.6. The summed E-state index contributed by atoms with van der Waals surface area (Å²) in [6.07, 6.45) is 0. The Labute approximate surface area is 281 Å². The molecule has 4 heteroatoms. The summed E-state index contributed by atoms with van der Waals surface area (Å²) in [4.78, 5) is 0. The molecule has 0 bridgehead atoms. The van der Waals surface area contributed by atoms with Crippen molar-refractivity contribution >= 4 is 36.3 Å². The molecule has 2 nitrogen and oxygen atoms in total. The standard InChI is InChI=1S/C42H56B2N2/c1-25(2)35-17-15-18-36(26(3)4)41(35)45-43(39-31(11)21-29(9)22-32(39)12)46(44(45)40-33(13)23-30(10)24-34(40)14)42-37(27(5)6)19-16-20-38(42)28(7)8/h15-28H,1-14H3. The van der Waals surface area contributed by atoms with E-state index in [0.29, 0.717) is 23.7 Å². The molecule has 0 atom stereocenters. The average molecular weight is 611 g/mol. The minimum Gasteiger partial charge on any atom is -0.416 e. The summed E-state index contributed by atoms with van der Waals surface area (Å²) in [6.45, 7) is 32.8. The van der Waals surface area contributed by atoms with Gasteiger partial charge in [0, 0.05) is 11.4 Å². The van der Waals surface area contributed by atoms with Gasteiger partial charge < -0.3 is 9.44 Å². The Bertz CT molecular complexity index is 1510. The quantitative estimate of drug-likeness (QED) is 0.183. The summed E-state index contributed by atoms with van der Waals surface area (Å²) >= 11 is 0. The van der Waals surface area contributed by atoms with Gasteiger partial charge in [-0.15, -0.1) is 0 Å². The number of hydrogen-bond acceptors (Lipinski definition) is 2. The molecule has 4 aromatic rings. The van der Waals surface area contributed by atoms with Gasteiger partial charge in [-0.05, 0) is 98.4 Å². The van der Waals surface area contributed by atoms with Crippen LogP contribution in [0.1, 0.15) is 135 Å². The van der Waals surface area contributed by atoms with Gasteiger partial charge in [-0.1, -0.05) is 149 Å². The van der Waals surface area contributed by atoms with Crippen molar-refractivity contribution < 1.29 is 0 Å². The summed E-state index contributed by atoms with van der Waals surface area (Å²) in [5, 5.41) is 0. The maximum Gasteiger partial charge on any atom is 0.389 e. The Morgan fingerprint density at radius 3 is 0.870 bits per heavy atom. The Balaban J connectivity index is 1.99. The minimum atomic E-state index is 0.0560. The van der Waals surface area contributed by atoms with E-state index in [1.54, 1.807) is 0 Å². The minimum absolute atomic E-state index is 0.0560. The van der Waals surface area contributed by atoms with Crippen LogP contribution in [0, 0.1) is 41.5 Å². The summed E-state index contributed by atoms with van der Waals surface area (Å²) in [5.41, 5.74) is 19.6. The van der Waals surface area contributed by atoms with Crippen molar-refractivity contribution in [3.63, 3.8) is 0 Å². The van der Waals surface area contributed by atoms with E-state index in [1.165, 1.54) is 77.9 Å². The molecule has 0 aromatic heterocycles. The van der Waals surface area contributed by atoms with Crippen molar-refractivity contribution in [2.75, 3.05) is 9.44 Å². The van der Waals surface area contributed by atoms with Gasteiger partial charge >= 0.3 is 14.0 Å². The van der Waals surface area contributed by atoms with Crippen LogP contribution in [0.3, 0.4) is 0 Å². The topological polar surface area (TPSA) is 6.48 Å². The van der Waals surface area contributed by atoms with Crippen LogP contribution in [0.5, 0.6) is 0 Å². The molecule has 5 rings (SSSR count). The predicted octanol–water partition coefficient (Wildman–Crippen LogP) is 10.1. The predicted molar refractivity (Wildman–Crippen MR) is 206 cm³/mol. The summed E-state index contributed by atoms with van der Waals surface area (Å²) in [7, 11) is 0. The Morgan fingerprint density at radius 1 is 0.413 bits per heavy atom. The van der Waals surface area contributed by atoms with Crippen molar-refractivity contribution in [2.45, 2.75) is 121 Å². The second-order valence-corrected chi connectivity index (χ2v) is 15.4. The van der Waals surface area contributed by atoms with Crippen molar-refractivity contribution in [1.29, 1.82) is 0 Å². The first kappa shape index (κ1) is 34.0. The second-order valence-electron chi connectivity index (χ2n) is 15.4. The molecule has 0 radical (unpaired) electrons. The maximum absolute atomic E-state index is 2.83. The molecule has 0 amide bonds. The van der Waals surface area contributed by atoms with Gasteiger partial charge in [0.2, 0.25) is 0 Å². The zero-order chi connectivity index (χ0) is 33.8. The third-order valence-corrected chi connectivity index (χ3v) is 10.2. The molecule has 1 heterocycles. The SMILES string of the molecule is Cc1cc(C)c(B2N(c3c(C(C)C)cccc3C(C)C)B(c3c(C)cc(C)cc3C)N2c2c(C(C)C)cccc2C(C)C)c(C)c1. The van der Waals surface area contributed by atoms with Crippen LogP contribution in [0.15, 0.2) is 60.7 Å². The zero-order valence-corrected chi connectivity index (χ0v) is 31.1. The Morgan fingerprint density at radius 2 is 0.652 bits per heavy atom. The number of nitrogens with zero attached hydrogens (tertiary/aromatic N) is 2. The van der Waals surface area contributed by atoms with Gasteiger partial charge in [0.25, 0.3) is 0 Å². The smallest absolute Gasteiger partial charge is 0.389 e. The fourth-order valence-corrected chi connectivity index (χ4v) is 8.33. The van der Waals surface area contributed by atoms with E-state index in [1.807, 2.05) is 0 Å². The number of benzene rings is 4. The fourth-order valence-electron chi connectivity index (χ4n) is 8.33. The lowest BCUT2D eigenvalue weighted by Crippen LogP contribution is -2.87. The van der Waals surface area contributed by atoms with E-state index in [-0.39, 0.29) is 14.0 Å². The number of anilines is 2. The highest BCUT2D eigenvalue weighted by Crippen LogP contribution is 2.46. The van der Waals surface area contributed by atoms with E-state index >= 15 is 0 Å². The molecule has 46 heavy (non-hydrogen) atoms. The second kappa shape index (κ2) is 13.0. The largest absolute Gasteiger partial charge is 0.416 e. The van der Waals surface area contributed by atoms with Gasteiger partial charge in [0.05, 0.1) is 0 Å². The molecule has 0 saturated carbocycles. The van der Waals surface area contributed by atoms with Gasteiger partial charge in [-0.3, -0.25) is 0 Å². The van der Waals surface area contributed by atoms with Gasteiger partial charge in [-0.25, -0.2) is 0 Å². The summed E-state index contributed by atoms with van der Waals surface area (Å²) in [6, 6.07) is 23.7. The lowest BCUT2D eigenvalue weighted by Gasteiger charge is -2.60. The maximum atomic E-state index is 2.83. The van der Waals surface area contributed by atoms with Crippen molar-refractivity contribution in [3.8, 4) is 0 Å². The molecule has 4 aromatic carbocycles. The fraction of sp³-hybridized carbons (Fsp3) is 0.429. The molecular weight excluding hydrogens is 554 g/mol. The highest BCUT2D eigenvalue weighted by atomic mass is 15.3. The molecule has 0 unspecified atom stereocenters. The van der Waals surface area contributed by atoms with Crippen molar-refractivity contribution in [2.24, 2.45) is 0 Å². The highest BCUT2D eigenvalue weighted by molar-refractivity contribution is 7.15. The van der Waals surface area contributed by atoms with E-state index in [4.69, 9.17) is 0 Å². The molecule has 1 aliphatic rings. The van der Waals surface area contributed by atoms with E-state index < -0.39 is 0 Å². The number of rotatable bonds is 8. The number of aryl methyl sites for hydroxylation is 6. The Kier molecular flexibility index (Phi) is 9.61. The van der Waals surface area contributed by atoms with Crippen LogP contribution in [-0.2, 0) is 0 Å². The number of hydrogen-bond donors (Lipinski definition) is 0. The summed E-state index contributed by atoms with van der Waals surface area (Å²) in [5.74, 6) is 1.61. The monoisotopic (exact) mass is 610 g/mol. The van der Waals surface area contributed by atoms with E-state index in [0.717, 1.165) is 0 Å². The summed E-state index contributed by atoms with van der Waals surface area (Å²) < 4.78 is 5.67. The van der Waals surface area contributed by atoms with Crippen LogP contribution < -0.4 is 20.4 Å².